The minimum Gasteiger partial charge on any atom is -0.496 e. The zero-order valence-electron chi connectivity index (χ0n) is 6.60. The molecule has 0 fully saturated rings. The molecule has 0 saturated carbocycles. The van der Waals surface area contributed by atoms with Gasteiger partial charge in [0.2, 0.25) is 0 Å². The Morgan fingerprint density at radius 2 is 2.18 bits per heavy atom. The maximum absolute atomic E-state index is 5.14. The molecular weight excluding hydrogens is 204 g/mol. The van der Waals surface area contributed by atoms with Crippen molar-refractivity contribution in [2.45, 2.75) is 6.92 Å². The number of methoxy groups -OCH3 is 1. The van der Waals surface area contributed by atoms with E-state index < -0.39 is 0 Å². The summed E-state index contributed by atoms with van der Waals surface area (Å²) in [4.78, 5) is 0. The van der Waals surface area contributed by atoms with E-state index in [9.17, 15) is 0 Å². The monoisotopic (exact) mass is 213 g/mol. The molecule has 1 radical (unpaired) electrons. The van der Waals surface area contributed by atoms with Crippen LogP contribution in [0, 0.1) is 6.42 Å². The minimum atomic E-state index is 0.913. The molecule has 2 heteroatoms. The van der Waals surface area contributed by atoms with Crippen molar-refractivity contribution in [1.82, 2.24) is 0 Å². The van der Waals surface area contributed by atoms with Gasteiger partial charge < -0.3 is 4.74 Å². The van der Waals surface area contributed by atoms with E-state index in [0.717, 1.165) is 15.8 Å². The van der Waals surface area contributed by atoms with Crippen molar-refractivity contribution in [2.75, 3.05) is 7.11 Å². The molecule has 0 aromatic heterocycles. The first-order valence-corrected chi connectivity index (χ1v) is 4.20. The first kappa shape index (κ1) is 8.60. The Hall–Kier alpha value is -0.500. The van der Waals surface area contributed by atoms with Crippen LogP contribution >= 0.6 is 15.9 Å². The number of hydrogen-bond donors (Lipinski definition) is 0. The summed E-state index contributed by atoms with van der Waals surface area (Å²) >= 11 is 3.39. The van der Waals surface area contributed by atoms with Crippen LogP contribution in [0.4, 0.5) is 0 Å². The lowest BCUT2D eigenvalue weighted by atomic mass is 10.1. The third-order valence-corrected chi connectivity index (χ3v) is 2.00. The Labute approximate surface area is 75.5 Å². The van der Waals surface area contributed by atoms with E-state index in [0.29, 0.717) is 0 Å². The van der Waals surface area contributed by atoms with E-state index in [1.807, 2.05) is 31.5 Å². The molecular formula is C9H10BrO. The summed E-state index contributed by atoms with van der Waals surface area (Å²) < 4.78 is 6.21. The molecule has 1 rings (SSSR count). The molecule has 0 bridgehead atoms. The van der Waals surface area contributed by atoms with Gasteiger partial charge in [0.25, 0.3) is 0 Å². The van der Waals surface area contributed by atoms with E-state index >= 15 is 0 Å². The standard InChI is InChI=1S/C9H10BrO/c1-3-7-6-8(10)4-5-9(7)11-2/h3-6H,1-2H3. The van der Waals surface area contributed by atoms with Gasteiger partial charge >= 0.3 is 0 Å². The minimum absolute atomic E-state index is 0.913. The molecule has 1 aromatic rings. The molecule has 0 N–H and O–H groups in total. The molecule has 0 saturated heterocycles. The van der Waals surface area contributed by atoms with Crippen LogP contribution in [-0.2, 0) is 0 Å². The highest BCUT2D eigenvalue weighted by Gasteiger charge is 1.99. The third kappa shape index (κ3) is 1.96. The molecule has 1 nitrogen and oxygen atoms in total. The van der Waals surface area contributed by atoms with Crippen molar-refractivity contribution in [3.8, 4) is 5.75 Å². The normalized spacial score (nSPS) is 9.73. The second kappa shape index (κ2) is 3.77. The van der Waals surface area contributed by atoms with E-state index in [1.54, 1.807) is 7.11 Å². The number of benzene rings is 1. The Morgan fingerprint density at radius 1 is 1.45 bits per heavy atom. The second-order valence-corrected chi connectivity index (χ2v) is 3.09. The molecule has 0 aliphatic carbocycles. The topological polar surface area (TPSA) is 9.23 Å². The lowest BCUT2D eigenvalue weighted by Gasteiger charge is -2.05. The van der Waals surface area contributed by atoms with Crippen LogP contribution in [0.15, 0.2) is 22.7 Å². The van der Waals surface area contributed by atoms with Crippen LogP contribution in [0.2, 0.25) is 0 Å². The fourth-order valence-electron chi connectivity index (χ4n) is 0.931. The quantitative estimate of drug-likeness (QED) is 0.735. The van der Waals surface area contributed by atoms with Gasteiger partial charge in [-0.3, -0.25) is 0 Å². The zero-order chi connectivity index (χ0) is 8.27. The van der Waals surface area contributed by atoms with E-state index in [-0.39, 0.29) is 0 Å². The molecule has 0 aliphatic heterocycles. The van der Waals surface area contributed by atoms with Crippen LogP contribution < -0.4 is 4.74 Å². The van der Waals surface area contributed by atoms with E-state index in [1.165, 1.54) is 0 Å². The lowest BCUT2D eigenvalue weighted by molar-refractivity contribution is 0.412. The summed E-state index contributed by atoms with van der Waals surface area (Å²) in [5.74, 6) is 0.913. The van der Waals surface area contributed by atoms with Crippen molar-refractivity contribution in [3.63, 3.8) is 0 Å². The average Bonchev–Trinajstić information content (AvgIpc) is 2.04. The van der Waals surface area contributed by atoms with Crippen LogP contribution in [0.3, 0.4) is 0 Å². The summed E-state index contributed by atoms with van der Waals surface area (Å²) in [6.07, 6.45) is 2.02. The van der Waals surface area contributed by atoms with E-state index in [2.05, 4.69) is 15.9 Å². The molecule has 0 atom stereocenters. The third-order valence-electron chi connectivity index (χ3n) is 1.50. The Morgan fingerprint density at radius 3 is 2.73 bits per heavy atom. The highest BCUT2D eigenvalue weighted by atomic mass is 79.9. The summed E-state index contributed by atoms with van der Waals surface area (Å²) in [5, 5.41) is 0. The van der Waals surface area contributed by atoms with Gasteiger partial charge in [0.15, 0.2) is 0 Å². The largest absolute Gasteiger partial charge is 0.496 e. The predicted molar refractivity (Wildman–Crippen MR) is 49.8 cm³/mol. The number of ether oxygens (including phenoxy) is 1. The van der Waals surface area contributed by atoms with Crippen LogP contribution in [0.25, 0.3) is 0 Å². The second-order valence-electron chi connectivity index (χ2n) is 2.17. The summed E-state index contributed by atoms with van der Waals surface area (Å²) in [6, 6.07) is 5.93. The Bertz CT molecular complexity index is 245. The van der Waals surface area contributed by atoms with Gasteiger partial charge in [-0.15, -0.1) is 0 Å². The average molecular weight is 214 g/mol. The maximum Gasteiger partial charge on any atom is 0.122 e. The molecule has 1 aromatic carbocycles. The van der Waals surface area contributed by atoms with Crippen molar-refractivity contribution in [1.29, 1.82) is 0 Å². The first-order valence-electron chi connectivity index (χ1n) is 3.41. The van der Waals surface area contributed by atoms with Crippen molar-refractivity contribution >= 4 is 15.9 Å². The van der Waals surface area contributed by atoms with Gasteiger partial charge in [0, 0.05) is 4.47 Å². The Balaban J connectivity index is 3.06. The molecule has 0 aliphatic rings. The maximum atomic E-state index is 5.14. The lowest BCUT2D eigenvalue weighted by Crippen LogP contribution is -1.88. The van der Waals surface area contributed by atoms with Gasteiger partial charge in [-0.1, -0.05) is 22.9 Å². The predicted octanol–water partition coefficient (Wildman–Crippen LogP) is 3.03. The SMILES string of the molecule is C[CH]c1cc(Br)ccc1OC. The highest BCUT2D eigenvalue weighted by Crippen LogP contribution is 2.23. The van der Waals surface area contributed by atoms with Gasteiger partial charge in [0.1, 0.15) is 5.75 Å². The van der Waals surface area contributed by atoms with Gasteiger partial charge in [0.05, 0.1) is 7.11 Å². The molecule has 0 spiro atoms. The fourth-order valence-corrected chi connectivity index (χ4v) is 1.31. The smallest absolute Gasteiger partial charge is 0.122 e. The highest BCUT2D eigenvalue weighted by molar-refractivity contribution is 9.10. The summed E-state index contributed by atoms with van der Waals surface area (Å²) in [7, 11) is 1.68. The molecule has 59 valence electrons. The van der Waals surface area contributed by atoms with Crippen molar-refractivity contribution in [3.05, 3.63) is 34.7 Å². The van der Waals surface area contributed by atoms with Gasteiger partial charge in [-0.25, -0.2) is 0 Å². The molecule has 0 amide bonds. The van der Waals surface area contributed by atoms with Crippen LogP contribution in [0.1, 0.15) is 12.5 Å². The van der Waals surface area contributed by atoms with E-state index in [4.69, 9.17) is 4.74 Å². The number of rotatable bonds is 2. The van der Waals surface area contributed by atoms with Crippen LogP contribution in [0.5, 0.6) is 5.75 Å². The number of hydrogen-bond acceptors (Lipinski definition) is 1. The van der Waals surface area contributed by atoms with Crippen molar-refractivity contribution in [2.24, 2.45) is 0 Å². The Kier molecular flexibility index (Phi) is 2.94. The molecule has 0 heterocycles. The number of halogens is 1. The van der Waals surface area contributed by atoms with Gasteiger partial charge in [-0.2, -0.15) is 0 Å². The summed E-state index contributed by atoms with van der Waals surface area (Å²) in [6.45, 7) is 1.99. The van der Waals surface area contributed by atoms with Crippen LogP contribution in [-0.4, -0.2) is 7.11 Å². The van der Waals surface area contributed by atoms with Gasteiger partial charge in [-0.05, 0) is 30.2 Å². The molecule has 11 heavy (non-hydrogen) atoms. The summed E-state index contributed by atoms with van der Waals surface area (Å²) in [5.41, 5.74) is 1.11. The first-order chi connectivity index (χ1) is 5.27. The van der Waals surface area contributed by atoms with Crippen molar-refractivity contribution < 1.29 is 4.74 Å². The zero-order valence-corrected chi connectivity index (χ0v) is 8.18. The fraction of sp³-hybridized carbons (Fsp3) is 0.222. The molecule has 0 unspecified atom stereocenters.